The minimum absolute atomic E-state index is 0.113. The topological polar surface area (TPSA) is 41.5 Å². The van der Waals surface area contributed by atoms with Gasteiger partial charge in [0.25, 0.3) is 0 Å². The van der Waals surface area contributed by atoms with Crippen molar-refractivity contribution in [2.24, 2.45) is 11.8 Å². The van der Waals surface area contributed by atoms with Gasteiger partial charge in [-0.1, -0.05) is 17.7 Å². The minimum Gasteiger partial charge on any atom is -0.487 e. The predicted molar refractivity (Wildman–Crippen MR) is 75.7 cm³/mol. The molecule has 2 aliphatic rings. The Bertz CT molecular complexity index is 465. The molecular formula is C15H20ClNO2. The highest BCUT2D eigenvalue weighted by Crippen LogP contribution is 2.35. The van der Waals surface area contributed by atoms with E-state index < -0.39 is 0 Å². The molecule has 1 saturated carbocycles. The zero-order chi connectivity index (χ0) is 13.4. The Morgan fingerprint density at radius 3 is 2.79 bits per heavy atom. The number of hydrogen-bond acceptors (Lipinski definition) is 3. The van der Waals surface area contributed by atoms with Crippen LogP contribution in [0, 0.1) is 18.8 Å². The van der Waals surface area contributed by atoms with E-state index in [9.17, 15) is 5.11 Å². The van der Waals surface area contributed by atoms with Crippen molar-refractivity contribution in [2.45, 2.75) is 32.0 Å². The number of benzene rings is 1. The molecule has 0 unspecified atom stereocenters. The fraction of sp³-hybridized carbons (Fsp3) is 0.600. The van der Waals surface area contributed by atoms with Gasteiger partial charge in [-0.15, -0.1) is 0 Å². The summed E-state index contributed by atoms with van der Waals surface area (Å²) in [4.78, 5) is 0. The second kappa shape index (κ2) is 5.31. The van der Waals surface area contributed by atoms with Crippen LogP contribution in [-0.4, -0.2) is 30.4 Å². The van der Waals surface area contributed by atoms with E-state index >= 15 is 0 Å². The summed E-state index contributed by atoms with van der Waals surface area (Å²) in [6.07, 6.45) is 1.27. The lowest BCUT2D eigenvalue weighted by molar-refractivity contribution is -0.0234. The van der Waals surface area contributed by atoms with Gasteiger partial charge in [-0.25, -0.2) is 0 Å². The third kappa shape index (κ3) is 2.73. The second-order valence-electron chi connectivity index (χ2n) is 5.78. The smallest absolute Gasteiger partial charge is 0.125 e. The molecule has 3 nitrogen and oxygen atoms in total. The molecule has 2 fully saturated rings. The summed E-state index contributed by atoms with van der Waals surface area (Å²) in [5.74, 6) is 2.03. The first-order chi connectivity index (χ1) is 9.13. The van der Waals surface area contributed by atoms with Crippen molar-refractivity contribution in [1.82, 2.24) is 5.32 Å². The lowest BCUT2D eigenvalue weighted by Crippen LogP contribution is -2.42. The second-order valence-corrected chi connectivity index (χ2v) is 6.22. The monoisotopic (exact) mass is 281 g/mol. The summed E-state index contributed by atoms with van der Waals surface area (Å²) in [6.45, 7) is 4.08. The van der Waals surface area contributed by atoms with E-state index in [-0.39, 0.29) is 12.2 Å². The number of fused-ring (bicyclic) bond motifs is 1. The van der Waals surface area contributed by atoms with Gasteiger partial charge in [0.05, 0.1) is 6.10 Å². The van der Waals surface area contributed by atoms with Crippen LogP contribution >= 0.6 is 11.6 Å². The Kier molecular flexibility index (Phi) is 3.70. The molecule has 4 atom stereocenters. The third-order valence-electron chi connectivity index (χ3n) is 4.42. The van der Waals surface area contributed by atoms with E-state index in [4.69, 9.17) is 16.3 Å². The van der Waals surface area contributed by atoms with E-state index in [0.29, 0.717) is 16.9 Å². The van der Waals surface area contributed by atoms with Gasteiger partial charge in [0.15, 0.2) is 0 Å². The number of hydrogen-bond donors (Lipinski definition) is 2. The Hall–Kier alpha value is -0.770. The molecule has 4 heteroatoms. The van der Waals surface area contributed by atoms with Crippen LogP contribution in [0.5, 0.6) is 5.75 Å². The number of nitrogens with one attached hydrogen (secondary N) is 1. The van der Waals surface area contributed by atoms with Crippen molar-refractivity contribution >= 4 is 11.6 Å². The molecule has 19 heavy (non-hydrogen) atoms. The number of ether oxygens (including phenoxy) is 1. The van der Waals surface area contributed by atoms with Crippen LogP contribution in [-0.2, 0) is 0 Å². The summed E-state index contributed by atoms with van der Waals surface area (Å²) in [5, 5.41) is 14.3. The Balaban J connectivity index is 1.73. The number of aliphatic hydroxyl groups is 1. The van der Waals surface area contributed by atoms with Crippen LogP contribution in [0.25, 0.3) is 0 Å². The molecule has 0 radical (unpaired) electrons. The predicted octanol–water partition coefficient (Wildman–Crippen LogP) is 2.39. The highest BCUT2D eigenvalue weighted by molar-refractivity contribution is 6.30. The lowest BCUT2D eigenvalue weighted by atomic mass is 9.78. The fourth-order valence-electron chi connectivity index (χ4n) is 3.25. The van der Waals surface area contributed by atoms with Crippen molar-refractivity contribution < 1.29 is 9.84 Å². The summed E-state index contributed by atoms with van der Waals surface area (Å²) >= 11 is 6.01. The van der Waals surface area contributed by atoms with Crippen LogP contribution in [0.15, 0.2) is 18.2 Å². The molecule has 1 heterocycles. The molecule has 0 aromatic heterocycles. The van der Waals surface area contributed by atoms with Crippen LogP contribution in [0.3, 0.4) is 0 Å². The van der Waals surface area contributed by atoms with E-state index in [1.165, 1.54) is 0 Å². The quantitative estimate of drug-likeness (QED) is 0.875. The average molecular weight is 282 g/mol. The highest BCUT2D eigenvalue weighted by Gasteiger charge is 2.39. The standard InChI is InChI=1S/C15H20ClNO2/c1-9-2-3-12(16)6-14(9)19-15-5-11-8-17-7-10(11)4-13(15)18/h2-3,6,10-11,13,15,17-18H,4-5,7-8H2,1H3/t10-,11+,13+,15+/m0/s1. The first kappa shape index (κ1) is 13.2. The largest absolute Gasteiger partial charge is 0.487 e. The Morgan fingerprint density at radius 1 is 1.26 bits per heavy atom. The molecule has 1 aromatic rings. The van der Waals surface area contributed by atoms with Gasteiger partial charge >= 0.3 is 0 Å². The van der Waals surface area contributed by atoms with Gasteiger partial charge < -0.3 is 15.2 Å². The van der Waals surface area contributed by atoms with Crippen LogP contribution in [0.2, 0.25) is 5.02 Å². The summed E-state index contributed by atoms with van der Waals surface area (Å²) in [7, 11) is 0. The third-order valence-corrected chi connectivity index (χ3v) is 4.65. The van der Waals surface area contributed by atoms with Crippen LogP contribution < -0.4 is 10.1 Å². The van der Waals surface area contributed by atoms with Crippen LogP contribution in [0.4, 0.5) is 0 Å². The highest BCUT2D eigenvalue weighted by atomic mass is 35.5. The van der Waals surface area contributed by atoms with Gasteiger partial charge in [-0.3, -0.25) is 0 Å². The Labute approximate surface area is 118 Å². The number of aryl methyl sites for hydroxylation is 1. The van der Waals surface area contributed by atoms with Crippen LogP contribution in [0.1, 0.15) is 18.4 Å². The maximum absolute atomic E-state index is 10.3. The first-order valence-electron chi connectivity index (χ1n) is 6.95. The van der Waals surface area contributed by atoms with Gasteiger partial charge in [0.1, 0.15) is 11.9 Å². The van der Waals surface area contributed by atoms with Gasteiger partial charge in [-0.2, -0.15) is 0 Å². The maximum Gasteiger partial charge on any atom is 0.125 e. The van der Waals surface area contributed by atoms with Gasteiger partial charge in [0.2, 0.25) is 0 Å². The molecule has 0 spiro atoms. The number of aliphatic hydroxyl groups excluding tert-OH is 1. The molecule has 1 aromatic carbocycles. The number of halogens is 1. The fourth-order valence-corrected chi connectivity index (χ4v) is 3.41. The molecule has 2 N–H and O–H groups in total. The van der Waals surface area contributed by atoms with Crippen molar-refractivity contribution in [3.8, 4) is 5.75 Å². The van der Waals surface area contributed by atoms with Crippen molar-refractivity contribution in [3.63, 3.8) is 0 Å². The normalized spacial score (nSPS) is 34.1. The Morgan fingerprint density at radius 2 is 2.00 bits per heavy atom. The molecule has 3 rings (SSSR count). The molecule has 1 aliphatic heterocycles. The zero-order valence-corrected chi connectivity index (χ0v) is 11.9. The summed E-state index contributed by atoms with van der Waals surface area (Å²) in [5.41, 5.74) is 1.06. The van der Waals surface area contributed by atoms with Crippen molar-refractivity contribution in [3.05, 3.63) is 28.8 Å². The molecule has 1 aliphatic carbocycles. The molecule has 0 bridgehead atoms. The van der Waals surface area contributed by atoms with Gasteiger partial charge in [-0.05, 0) is 62.4 Å². The lowest BCUT2D eigenvalue weighted by Gasteiger charge is -2.35. The van der Waals surface area contributed by atoms with E-state index in [1.807, 2.05) is 25.1 Å². The first-order valence-corrected chi connectivity index (χ1v) is 7.33. The SMILES string of the molecule is Cc1ccc(Cl)cc1O[C@@H]1C[C@@H]2CNC[C@@H]2C[C@H]1O. The number of rotatable bonds is 2. The average Bonchev–Trinajstić information content (AvgIpc) is 2.81. The molecule has 1 saturated heterocycles. The van der Waals surface area contributed by atoms with Crippen molar-refractivity contribution in [2.75, 3.05) is 13.1 Å². The summed E-state index contributed by atoms with van der Waals surface area (Å²) < 4.78 is 6.03. The summed E-state index contributed by atoms with van der Waals surface area (Å²) in [6, 6.07) is 5.65. The van der Waals surface area contributed by atoms with E-state index in [0.717, 1.165) is 37.2 Å². The molecular weight excluding hydrogens is 262 g/mol. The zero-order valence-electron chi connectivity index (χ0n) is 11.1. The van der Waals surface area contributed by atoms with E-state index in [2.05, 4.69) is 5.32 Å². The van der Waals surface area contributed by atoms with Crippen molar-refractivity contribution in [1.29, 1.82) is 0 Å². The minimum atomic E-state index is -0.375. The molecule has 0 amide bonds. The van der Waals surface area contributed by atoms with E-state index in [1.54, 1.807) is 0 Å². The maximum atomic E-state index is 10.3. The molecule has 104 valence electrons. The van der Waals surface area contributed by atoms with Gasteiger partial charge in [0, 0.05) is 5.02 Å².